The summed E-state index contributed by atoms with van der Waals surface area (Å²) in [5.41, 5.74) is 9.46. The first kappa shape index (κ1) is 18.5. The van der Waals surface area contributed by atoms with Gasteiger partial charge in [0.1, 0.15) is 18.3 Å². The highest BCUT2D eigenvalue weighted by molar-refractivity contribution is 7.46. The van der Waals surface area contributed by atoms with Crippen molar-refractivity contribution in [3.63, 3.8) is 0 Å². The topological polar surface area (TPSA) is 216 Å². The van der Waals surface area contributed by atoms with E-state index < -0.39 is 44.7 Å². The second kappa shape index (κ2) is 6.94. The molecule has 4 atom stereocenters. The molecule has 0 saturated carbocycles. The Morgan fingerprint density at radius 1 is 1.42 bits per heavy atom. The summed E-state index contributed by atoms with van der Waals surface area (Å²) in [7, 11) is -4.78. The number of hydrogen-bond donors (Lipinski definition) is 6. The zero-order valence-electron chi connectivity index (χ0n) is 12.0. The van der Waals surface area contributed by atoms with Crippen molar-refractivity contribution in [3.05, 3.63) is 22.7 Å². The van der Waals surface area contributed by atoms with E-state index in [1.54, 1.807) is 0 Å². The van der Waals surface area contributed by atoms with Crippen molar-refractivity contribution in [3.8, 4) is 0 Å². The molecular weight excluding hydrogens is 349 g/mol. The van der Waals surface area contributed by atoms with Crippen molar-refractivity contribution in [2.45, 2.75) is 24.5 Å². The Morgan fingerprint density at radius 3 is 2.62 bits per heavy atom. The second-order valence-electron chi connectivity index (χ2n) is 4.84. The van der Waals surface area contributed by atoms with Gasteiger partial charge in [0.15, 0.2) is 18.0 Å². The molecule has 4 unspecified atom stereocenters. The molecular formula is C10H16N5O8P. The van der Waals surface area contributed by atoms with Crippen LogP contribution >= 0.6 is 7.82 Å². The average Bonchev–Trinajstić information content (AvgIpc) is 2.72. The third-order valence-corrected chi connectivity index (χ3v) is 3.56. The number of phosphoric acid groups is 1. The minimum atomic E-state index is -4.78. The van der Waals surface area contributed by atoms with Crippen LogP contribution < -0.4 is 17.2 Å². The van der Waals surface area contributed by atoms with Crippen LogP contribution in [-0.2, 0) is 13.8 Å². The molecule has 1 saturated heterocycles. The Morgan fingerprint density at radius 2 is 2.08 bits per heavy atom. The van der Waals surface area contributed by atoms with Crippen LogP contribution in [0.2, 0.25) is 0 Å². The number of rotatable bonds is 5. The molecule has 134 valence electrons. The first-order chi connectivity index (χ1) is 11.1. The van der Waals surface area contributed by atoms with E-state index in [2.05, 4.69) is 14.5 Å². The number of phosphoric ester groups is 1. The number of aliphatic hydroxyl groups is 2. The Hall–Kier alpha value is -1.86. The number of guanidine groups is 1. The van der Waals surface area contributed by atoms with E-state index in [0.29, 0.717) is 0 Å². The van der Waals surface area contributed by atoms with Crippen LogP contribution in [0.15, 0.2) is 22.1 Å². The van der Waals surface area contributed by atoms with Gasteiger partial charge in [-0.3, -0.25) is 9.09 Å². The Balaban J connectivity index is 2.19. The maximum Gasteiger partial charge on any atom is 0.469 e. The standard InChI is InChI=1S/C10H16N5O8P/c11-9(12)13-5-1-2-15(10(18)14-5)8-7(17)6(16)4(23-8)3-22-24(19,20)21/h1-2,4,6-8,16-17H,3H2,(H2,19,20,21)(H4,11,12,13,14,18). The molecule has 0 radical (unpaired) electrons. The molecule has 0 spiro atoms. The summed E-state index contributed by atoms with van der Waals surface area (Å²) in [4.78, 5) is 36.4. The molecule has 14 heteroatoms. The fourth-order valence-corrected chi connectivity index (χ4v) is 2.40. The van der Waals surface area contributed by atoms with E-state index >= 15 is 0 Å². The van der Waals surface area contributed by atoms with Crippen LogP contribution in [0, 0.1) is 0 Å². The summed E-state index contributed by atoms with van der Waals surface area (Å²) in [6, 6.07) is 1.27. The number of aliphatic imine (C=N–C) groups is 1. The largest absolute Gasteiger partial charge is 0.469 e. The lowest BCUT2D eigenvalue weighted by Crippen LogP contribution is -2.36. The summed E-state index contributed by atoms with van der Waals surface area (Å²) < 4.78 is 21.0. The predicted molar refractivity (Wildman–Crippen MR) is 77.9 cm³/mol. The summed E-state index contributed by atoms with van der Waals surface area (Å²) in [5.74, 6) is -0.368. The minimum absolute atomic E-state index is 0.0642. The van der Waals surface area contributed by atoms with Gasteiger partial charge in [-0.15, -0.1) is 0 Å². The van der Waals surface area contributed by atoms with Crippen LogP contribution in [-0.4, -0.2) is 60.4 Å². The molecule has 0 aromatic carbocycles. The Kier molecular flexibility index (Phi) is 5.35. The molecule has 1 fully saturated rings. The maximum atomic E-state index is 12.0. The molecule has 24 heavy (non-hydrogen) atoms. The van der Waals surface area contributed by atoms with Crippen molar-refractivity contribution in [1.82, 2.24) is 9.55 Å². The lowest BCUT2D eigenvalue weighted by Gasteiger charge is -2.17. The van der Waals surface area contributed by atoms with Crippen molar-refractivity contribution in [1.29, 1.82) is 0 Å². The molecule has 13 nitrogen and oxygen atoms in total. The summed E-state index contributed by atoms with van der Waals surface area (Å²) >= 11 is 0. The van der Waals surface area contributed by atoms with E-state index in [4.69, 9.17) is 26.0 Å². The highest BCUT2D eigenvalue weighted by atomic mass is 31.2. The normalized spacial score (nSPS) is 27.2. The number of aliphatic hydroxyl groups excluding tert-OH is 2. The van der Waals surface area contributed by atoms with E-state index in [0.717, 1.165) is 4.57 Å². The molecule has 8 N–H and O–H groups in total. The molecule has 1 aliphatic rings. The minimum Gasteiger partial charge on any atom is -0.387 e. The second-order valence-corrected chi connectivity index (χ2v) is 6.08. The average molecular weight is 365 g/mol. The van der Waals surface area contributed by atoms with Crippen molar-refractivity contribution < 1.29 is 33.8 Å². The summed E-state index contributed by atoms with van der Waals surface area (Å²) in [5, 5.41) is 19.8. The Labute approximate surface area is 134 Å². The first-order valence-corrected chi connectivity index (χ1v) is 8.02. The number of nitrogens with zero attached hydrogens (tertiary/aromatic N) is 3. The number of aromatic nitrogens is 2. The zero-order valence-corrected chi connectivity index (χ0v) is 12.9. The molecule has 1 aromatic rings. The molecule has 1 aromatic heterocycles. The SMILES string of the molecule is NC(N)=Nc1ccn(C2OC(COP(=O)(O)O)C(O)C2O)c(=O)n1. The van der Waals surface area contributed by atoms with Gasteiger partial charge >= 0.3 is 13.5 Å². The highest BCUT2D eigenvalue weighted by Gasteiger charge is 2.44. The maximum absolute atomic E-state index is 12.0. The van der Waals surface area contributed by atoms with Gasteiger partial charge in [-0.05, 0) is 6.07 Å². The van der Waals surface area contributed by atoms with E-state index in [1.165, 1.54) is 12.3 Å². The fraction of sp³-hybridized carbons (Fsp3) is 0.500. The lowest BCUT2D eigenvalue weighted by atomic mass is 10.1. The predicted octanol–water partition coefficient (Wildman–Crippen LogP) is -3.12. The van der Waals surface area contributed by atoms with Crippen molar-refractivity contribution in [2.75, 3.05) is 6.61 Å². The quantitative estimate of drug-likeness (QED) is 0.174. The van der Waals surface area contributed by atoms with Gasteiger partial charge in [0.05, 0.1) is 6.61 Å². The highest BCUT2D eigenvalue weighted by Crippen LogP contribution is 2.38. The van der Waals surface area contributed by atoms with Gasteiger partial charge in [-0.1, -0.05) is 0 Å². The van der Waals surface area contributed by atoms with Gasteiger partial charge < -0.3 is 36.2 Å². The molecule has 2 heterocycles. The molecule has 0 aliphatic carbocycles. The zero-order chi connectivity index (χ0) is 18.1. The number of ether oxygens (including phenoxy) is 1. The van der Waals surface area contributed by atoms with Crippen LogP contribution in [0.25, 0.3) is 0 Å². The van der Waals surface area contributed by atoms with Gasteiger partial charge in [0, 0.05) is 6.20 Å². The smallest absolute Gasteiger partial charge is 0.387 e. The van der Waals surface area contributed by atoms with Gasteiger partial charge in [0.2, 0.25) is 0 Å². The van der Waals surface area contributed by atoms with Crippen LogP contribution in [0.3, 0.4) is 0 Å². The number of hydrogen-bond acceptors (Lipinski definition) is 8. The third-order valence-electron chi connectivity index (χ3n) is 3.08. The van der Waals surface area contributed by atoms with Crippen LogP contribution in [0.4, 0.5) is 5.82 Å². The molecule has 0 bridgehead atoms. The van der Waals surface area contributed by atoms with Crippen molar-refractivity contribution >= 4 is 19.6 Å². The van der Waals surface area contributed by atoms with E-state index in [9.17, 15) is 19.6 Å². The summed E-state index contributed by atoms with van der Waals surface area (Å²) in [6.07, 6.45) is -4.50. The fourth-order valence-electron chi connectivity index (χ4n) is 2.06. The van der Waals surface area contributed by atoms with Gasteiger partial charge in [-0.2, -0.15) is 9.98 Å². The van der Waals surface area contributed by atoms with Crippen LogP contribution in [0.1, 0.15) is 6.23 Å². The molecule has 2 rings (SSSR count). The molecule has 0 amide bonds. The monoisotopic (exact) mass is 365 g/mol. The Bertz CT molecular complexity index is 728. The lowest BCUT2D eigenvalue weighted by molar-refractivity contribution is -0.0542. The van der Waals surface area contributed by atoms with Crippen molar-refractivity contribution in [2.24, 2.45) is 16.5 Å². The van der Waals surface area contributed by atoms with Crippen LogP contribution in [0.5, 0.6) is 0 Å². The molecule has 1 aliphatic heterocycles. The van der Waals surface area contributed by atoms with Gasteiger partial charge in [-0.25, -0.2) is 9.36 Å². The summed E-state index contributed by atoms with van der Waals surface area (Å²) in [6.45, 7) is -0.687. The van der Waals surface area contributed by atoms with Gasteiger partial charge in [0.25, 0.3) is 0 Å². The van der Waals surface area contributed by atoms with E-state index in [1.807, 2.05) is 0 Å². The first-order valence-electron chi connectivity index (χ1n) is 6.49. The third kappa shape index (κ3) is 4.36. The number of nitrogens with two attached hydrogens (primary N) is 2. The van der Waals surface area contributed by atoms with E-state index in [-0.39, 0.29) is 11.8 Å².